The number of anilines is 1. The molecule has 0 bridgehead atoms. The van der Waals surface area contributed by atoms with E-state index < -0.39 is 5.97 Å². The van der Waals surface area contributed by atoms with Gasteiger partial charge in [-0.1, -0.05) is 30.0 Å². The van der Waals surface area contributed by atoms with Crippen molar-refractivity contribution in [1.82, 2.24) is 14.8 Å². The zero-order valence-electron chi connectivity index (χ0n) is 19.5. The number of rotatable bonds is 11. The van der Waals surface area contributed by atoms with Crippen LogP contribution in [0.3, 0.4) is 0 Å². The number of benzene rings is 2. The Kier molecular flexibility index (Phi) is 8.86. The number of carbonyl (C=O) groups is 2. The molecule has 0 aliphatic rings. The molecule has 1 N–H and O–H groups in total. The lowest BCUT2D eigenvalue weighted by Crippen LogP contribution is -2.15. The minimum atomic E-state index is -0.396. The molecule has 0 aliphatic heterocycles. The zero-order valence-corrected chi connectivity index (χ0v) is 20.3. The fourth-order valence-electron chi connectivity index (χ4n) is 3.00. The Morgan fingerprint density at radius 3 is 2.62 bits per heavy atom. The summed E-state index contributed by atoms with van der Waals surface area (Å²) in [5.41, 5.74) is 2.13. The van der Waals surface area contributed by atoms with Crippen LogP contribution < -0.4 is 10.1 Å². The lowest BCUT2D eigenvalue weighted by Gasteiger charge is -2.10. The van der Waals surface area contributed by atoms with Crippen LogP contribution in [0.2, 0.25) is 0 Å². The van der Waals surface area contributed by atoms with E-state index >= 15 is 0 Å². The van der Waals surface area contributed by atoms with Gasteiger partial charge in [0.05, 0.1) is 17.4 Å². The molecule has 178 valence electrons. The first-order chi connectivity index (χ1) is 16.4. The number of hydrogen-bond donors (Lipinski definition) is 1. The highest BCUT2D eigenvalue weighted by Crippen LogP contribution is 2.20. The first kappa shape index (κ1) is 25.0. The zero-order chi connectivity index (χ0) is 24.5. The molecule has 8 nitrogen and oxygen atoms in total. The number of amides is 1. The average Bonchev–Trinajstić information content (AvgIpc) is 3.18. The minimum absolute atomic E-state index is 0.144. The summed E-state index contributed by atoms with van der Waals surface area (Å²) in [6.45, 7) is 10.1. The van der Waals surface area contributed by atoms with E-state index in [1.807, 2.05) is 35.8 Å². The highest BCUT2D eigenvalue weighted by Gasteiger charge is 2.15. The first-order valence-corrected chi connectivity index (χ1v) is 11.8. The Morgan fingerprint density at radius 2 is 1.94 bits per heavy atom. The van der Waals surface area contributed by atoms with Crippen molar-refractivity contribution in [3.05, 3.63) is 78.1 Å². The van der Waals surface area contributed by atoms with Crippen LogP contribution >= 0.6 is 11.8 Å². The van der Waals surface area contributed by atoms with Crippen LogP contribution in [0.1, 0.15) is 35.6 Å². The smallest absolute Gasteiger partial charge is 0.338 e. The first-order valence-electron chi connectivity index (χ1n) is 10.8. The lowest BCUT2D eigenvalue weighted by atomic mass is 10.2. The van der Waals surface area contributed by atoms with Crippen LogP contribution in [0.5, 0.6) is 5.75 Å². The molecule has 1 heterocycles. The van der Waals surface area contributed by atoms with Gasteiger partial charge in [0.15, 0.2) is 11.0 Å². The number of allylic oxidation sites excluding steroid dienone is 1. The number of aromatic nitrogens is 3. The number of aryl methyl sites for hydroxylation is 1. The van der Waals surface area contributed by atoms with Gasteiger partial charge in [-0.3, -0.25) is 9.36 Å². The van der Waals surface area contributed by atoms with E-state index in [9.17, 15) is 9.59 Å². The number of ether oxygens (including phenoxy) is 2. The van der Waals surface area contributed by atoms with Gasteiger partial charge in [-0.2, -0.15) is 0 Å². The second-order valence-corrected chi connectivity index (χ2v) is 8.71. The van der Waals surface area contributed by atoms with Crippen molar-refractivity contribution in [3.63, 3.8) is 0 Å². The monoisotopic (exact) mass is 480 g/mol. The maximum atomic E-state index is 12.4. The van der Waals surface area contributed by atoms with Gasteiger partial charge in [-0.05, 0) is 62.7 Å². The summed E-state index contributed by atoms with van der Waals surface area (Å²) in [6.07, 6.45) is 1.55. The van der Waals surface area contributed by atoms with Gasteiger partial charge in [0.25, 0.3) is 0 Å². The van der Waals surface area contributed by atoms with Crippen molar-refractivity contribution in [3.8, 4) is 5.75 Å². The summed E-state index contributed by atoms with van der Waals surface area (Å²) in [4.78, 5) is 24.4. The van der Waals surface area contributed by atoms with E-state index in [1.165, 1.54) is 11.8 Å². The fraction of sp³-hybridized carbons (Fsp3) is 0.280. The molecule has 1 aromatic heterocycles. The largest absolute Gasteiger partial charge is 0.486 e. The molecule has 0 spiro atoms. The van der Waals surface area contributed by atoms with Crippen LogP contribution in [0.25, 0.3) is 0 Å². The normalized spacial score (nSPS) is 10.7. The molecule has 0 saturated carbocycles. The predicted molar refractivity (Wildman–Crippen MR) is 132 cm³/mol. The number of esters is 1. The Hall–Kier alpha value is -3.59. The summed E-state index contributed by atoms with van der Waals surface area (Å²) >= 11 is 1.27. The molecule has 9 heteroatoms. The molecule has 3 rings (SSSR count). The molecular weight excluding hydrogens is 452 g/mol. The molecule has 3 aromatic rings. The highest BCUT2D eigenvalue weighted by molar-refractivity contribution is 7.99. The highest BCUT2D eigenvalue weighted by atomic mass is 32.2. The van der Waals surface area contributed by atoms with Gasteiger partial charge in [0.1, 0.15) is 12.4 Å². The van der Waals surface area contributed by atoms with Gasteiger partial charge in [-0.25, -0.2) is 4.79 Å². The van der Waals surface area contributed by atoms with Crippen molar-refractivity contribution >= 4 is 29.3 Å². The minimum Gasteiger partial charge on any atom is -0.486 e. The van der Waals surface area contributed by atoms with Crippen LogP contribution in [0, 0.1) is 6.92 Å². The van der Waals surface area contributed by atoms with E-state index in [0.29, 0.717) is 28.8 Å². The third kappa shape index (κ3) is 7.21. The summed E-state index contributed by atoms with van der Waals surface area (Å²) in [5, 5.41) is 11.9. The fourth-order valence-corrected chi connectivity index (χ4v) is 3.76. The Labute approximate surface area is 203 Å². The molecule has 0 fully saturated rings. The number of nitrogens with zero attached hydrogens (tertiary/aromatic N) is 3. The van der Waals surface area contributed by atoms with Crippen molar-refractivity contribution in [2.24, 2.45) is 0 Å². The van der Waals surface area contributed by atoms with Gasteiger partial charge in [-0.15, -0.1) is 16.8 Å². The van der Waals surface area contributed by atoms with E-state index in [1.54, 1.807) is 44.2 Å². The van der Waals surface area contributed by atoms with Gasteiger partial charge in [0, 0.05) is 12.2 Å². The van der Waals surface area contributed by atoms with E-state index in [0.717, 1.165) is 11.3 Å². The third-order valence-electron chi connectivity index (χ3n) is 4.54. The predicted octanol–water partition coefficient (Wildman–Crippen LogP) is 4.65. The lowest BCUT2D eigenvalue weighted by molar-refractivity contribution is -0.113. The summed E-state index contributed by atoms with van der Waals surface area (Å²) in [7, 11) is 0. The summed E-state index contributed by atoms with van der Waals surface area (Å²) < 4.78 is 12.9. The summed E-state index contributed by atoms with van der Waals surface area (Å²) in [6, 6.07) is 14.4. The second-order valence-electron chi connectivity index (χ2n) is 7.77. The third-order valence-corrected chi connectivity index (χ3v) is 5.51. The van der Waals surface area contributed by atoms with E-state index in [4.69, 9.17) is 9.47 Å². The van der Waals surface area contributed by atoms with E-state index in [2.05, 4.69) is 22.1 Å². The van der Waals surface area contributed by atoms with Crippen LogP contribution in [-0.4, -0.2) is 38.5 Å². The quantitative estimate of drug-likeness (QED) is 0.242. The molecular formula is C25H28N4O4S. The van der Waals surface area contributed by atoms with Gasteiger partial charge < -0.3 is 14.8 Å². The maximum Gasteiger partial charge on any atom is 0.338 e. The maximum absolute atomic E-state index is 12.4. The Balaban J connectivity index is 1.56. The van der Waals surface area contributed by atoms with Crippen molar-refractivity contribution in [2.75, 3.05) is 11.1 Å². The molecule has 0 saturated heterocycles. The molecule has 0 unspecified atom stereocenters. The molecule has 0 radical (unpaired) electrons. The van der Waals surface area contributed by atoms with Crippen LogP contribution in [-0.2, 0) is 22.7 Å². The molecule has 0 aliphatic carbocycles. The Bertz CT molecular complexity index is 1140. The standard InChI is InChI=1S/C25H28N4O4S/c1-5-13-29-22(15-32-21-8-6-7-18(4)14-21)27-28-25(29)34-16-23(30)26-20-11-9-19(10-12-20)24(31)33-17(2)3/h5-12,14,17H,1,13,15-16H2,2-4H3,(H,26,30). The van der Waals surface area contributed by atoms with Crippen LogP contribution in [0.4, 0.5) is 5.69 Å². The van der Waals surface area contributed by atoms with Gasteiger partial charge >= 0.3 is 5.97 Å². The molecule has 1 amide bonds. The molecule has 0 atom stereocenters. The number of nitrogens with one attached hydrogen (secondary N) is 1. The second kappa shape index (κ2) is 12.0. The average molecular weight is 481 g/mol. The topological polar surface area (TPSA) is 95.3 Å². The van der Waals surface area contributed by atoms with Crippen molar-refractivity contribution < 1.29 is 19.1 Å². The number of carbonyl (C=O) groups excluding carboxylic acids is 2. The number of thioether (sulfide) groups is 1. The Morgan fingerprint density at radius 1 is 1.18 bits per heavy atom. The summed E-state index contributed by atoms with van der Waals surface area (Å²) in [5.74, 6) is 0.948. The van der Waals surface area contributed by atoms with Crippen molar-refractivity contribution in [1.29, 1.82) is 0 Å². The molecule has 34 heavy (non-hydrogen) atoms. The molecule has 2 aromatic carbocycles. The van der Waals surface area contributed by atoms with E-state index in [-0.39, 0.29) is 24.4 Å². The van der Waals surface area contributed by atoms with Crippen LogP contribution in [0.15, 0.2) is 66.3 Å². The van der Waals surface area contributed by atoms with Crippen molar-refractivity contribution in [2.45, 2.75) is 45.2 Å². The number of hydrogen-bond acceptors (Lipinski definition) is 7. The van der Waals surface area contributed by atoms with Gasteiger partial charge in [0.2, 0.25) is 5.91 Å². The SMILES string of the molecule is C=CCn1c(COc2cccc(C)c2)nnc1SCC(=O)Nc1ccc(C(=O)OC(C)C)cc1.